The molecule has 0 aromatic carbocycles. The van der Waals surface area contributed by atoms with Gasteiger partial charge in [-0.25, -0.2) is 0 Å². The number of hydrogen-bond acceptors (Lipinski definition) is 1. The first-order valence-corrected chi connectivity index (χ1v) is 5.72. The lowest BCUT2D eigenvalue weighted by molar-refractivity contribution is -0.105. The van der Waals surface area contributed by atoms with Crippen molar-refractivity contribution in [2.45, 2.75) is 48.0 Å². The topological polar surface area (TPSA) is 17.1 Å². The lowest BCUT2D eigenvalue weighted by atomic mass is 9.59. The Morgan fingerprint density at radius 2 is 1.67 bits per heavy atom. The molecule has 1 aliphatic rings. The smallest absolute Gasteiger partial charge is 0.145 e. The molecule has 1 atom stereocenters. The number of carbonyl (C=O) groups is 1. The van der Waals surface area contributed by atoms with Crippen LogP contribution in [-0.4, -0.2) is 6.29 Å². The second-order valence-corrected chi connectivity index (χ2v) is 6.68. The van der Waals surface area contributed by atoms with Gasteiger partial charge in [0.2, 0.25) is 0 Å². The van der Waals surface area contributed by atoms with Crippen LogP contribution in [0.5, 0.6) is 0 Å². The summed E-state index contributed by atoms with van der Waals surface area (Å²) in [7, 11) is 0. The lowest BCUT2D eigenvalue weighted by Crippen LogP contribution is -2.38. The second kappa shape index (κ2) is 3.20. The quantitative estimate of drug-likeness (QED) is 0.498. The van der Waals surface area contributed by atoms with Crippen LogP contribution in [0.15, 0.2) is 12.2 Å². The molecule has 0 amide bonds. The first kappa shape index (κ1) is 12.5. The van der Waals surface area contributed by atoms with Crippen LogP contribution in [0.25, 0.3) is 0 Å². The number of rotatable bonds is 2. The van der Waals surface area contributed by atoms with Crippen LogP contribution in [0.3, 0.4) is 0 Å². The zero-order valence-corrected chi connectivity index (χ0v) is 11.0. The van der Waals surface area contributed by atoms with Gasteiger partial charge in [0.15, 0.2) is 0 Å². The Morgan fingerprint density at radius 1 is 1.20 bits per heavy atom. The van der Waals surface area contributed by atoms with Gasteiger partial charge in [0.05, 0.1) is 0 Å². The molecule has 1 nitrogen and oxygen atoms in total. The van der Waals surface area contributed by atoms with E-state index in [9.17, 15) is 4.79 Å². The highest BCUT2D eigenvalue weighted by atomic mass is 16.1. The Bertz CT molecular complexity index is 294. The summed E-state index contributed by atoms with van der Waals surface area (Å²) in [5.41, 5.74) is 1.37. The van der Waals surface area contributed by atoms with E-state index in [1.165, 1.54) is 0 Å². The van der Waals surface area contributed by atoms with Crippen LogP contribution < -0.4 is 0 Å². The van der Waals surface area contributed by atoms with E-state index >= 15 is 0 Å². The third kappa shape index (κ3) is 1.47. The maximum Gasteiger partial charge on any atom is 0.145 e. The second-order valence-electron chi connectivity index (χ2n) is 6.68. The van der Waals surface area contributed by atoms with Crippen LogP contribution in [0, 0.1) is 22.2 Å². The molecule has 0 aromatic heterocycles. The van der Waals surface area contributed by atoms with Gasteiger partial charge in [-0.15, -0.1) is 0 Å². The molecule has 0 spiro atoms. The van der Waals surface area contributed by atoms with Gasteiger partial charge < -0.3 is 0 Å². The summed E-state index contributed by atoms with van der Waals surface area (Å²) in [5.74, 6) is 0.319. The van der Waals surface area contributed by atoms with E-state index in [-0.39, 0.29) is 16.2 Å². The van der Waals surface area contributed by atoms with E-state index < -0.39 is 0 Å². The summed E-state index contributed by atoms with van der Waals surface area (Å²) < 4.78 is 0. The van der Waals surface area contributed by atoms with E-state index in [1.807, 2.05) is 0 Å². The molecule has 1 aliphatic carbocycles. The van der Waals surface area contributed by atoms with Gasteiger partial charge in [0.1, 0.15) is 6.29 Å². The van der Waals surface area contributed by atoms with Crippen LogP contribution in [-0.2, 0) is 4.79 Å². The lowest BCUT2D eigenvalue weighted by Gasteiger charge is -2.45. The summed E-state index contributed by atoms with van der Waals surface area (Å²) in [5, 5.41) is 0. The molecule has 1 heteroatoms. The molecule has 1 rings (SSSR count). The molecule has 0 N–H and O–H groups in total. The first-order valence-electron chi connectivity index (χ1n) is 5.72. The predicted molar refractivity (Wildman–Crippen MR) is 64.7 cm³/mol. The summed E-state index contributed by atoms with van der Waals surface area (Å²) in [6, 6.07) is 0. The fourth-order valence-corrected chi connectivity index (χ4v) is 3.01. The highest BCUT2D eigenvalue weighted by Crippen LogP contribution is 2.66. The van der Waals surface area contributed by atoms with Crippen molar-refractivity contribution in [1.82, 2.24) is 0 Å². The predicted octanol–water partition coefficient (Wildman–Crippen LogP) is 3.84. The molecule has 1 fully saturated rings. The van der Waals surface area contributed by atoms with E-state index in [0.717, 1.165) is 18.3 Å². The Balaban J connectivity index is 3.19. The summed E-state index contributed by atoms with van der Waals surface area (Å²) in [6.07, 6.45) is 1.99. The maximum absolute atomic E-state index is 10.9. The number of aldehydes is 1. The normalized spacial score (nSPS) is 31.2. The standard InChI is InChI=1S/C14H24O/c1-10(9-15)11-8-12(2,3)14(6,7)13(11,4)5/h9,11H,1,8H2,2-7H3. The van der Waals surface area contributed by atoms with Crippen molar-refractivity contribution in [2.24, 2.45) is 22.2 Å². The number of hydrogen-bond donors (Lipinski definition) is 0. The summed E-state index contributed by atoms with van der Waals surface area (Å²) in [6.45, 7) is 17.7. The van der Waals surface area contributed by atoms with Crippen molar-refractivity contribution in [3.05, 3.63) is 12.2 Å². The summed E-state index contributed by atoms with van der Waals surface area (Å²) in [4.78, 5) is 10.9. The van der Waals surface area contributed by atoms with Crippen molar-refractivity contribution in [3.63, 3.8) is 0 Å². The van der Waals surface area contributed by atoms with Crippen LogP contribution in [0.2, 0.25) is 0 Å². The fourth-order valence-electron chi connectivity index (χ4n) is 3.01. The van der Waals surface area contributed by atoms with Crippen LogP contribution in [0.1, 0.15) is 48.0 Å². The zero-order chi connectivity index (χ0) is 12.1. The Morgan fingerprint density at radius 3 is 1.93 bits per heavy atom. The van der Waals surface area contributed by atoms with Crippen molar-refractivity contribution in [3.8, 4) is 0 Å². The van der Waals surface area contributed by atoms with Gasteiger partial charge in [-0.3, -0.25) is 4.79 Å². The molecule has 0 radical (unpaired) electrons. The largest absolute Gasteiger partial charge is 0.298 e. The molecule has 1 unspecified atom stereocenters. The van der Waals surface area contributed by atoms with Gasteiger partial charge in [-0.2, -0.15) is 0 Å². The van der Waals surface area contributed by atoms with Crippen LogP contribution in [0.4, 0.5) is 0 Å². The minimum Gasteiger partial charge on any atom is -0.298 e. The molecule has 0 aromatic rings. The third-order valence-corrected chi connectivity index (χ3v) is 5.49. The molecule has 0 aliphatic heterocycles. The minimum atomic E-state index is 0.133. The van der Waals surface area contributed by atoms with Gasteiger partial charge in [-0.05, 0) is 34.2 Å². The highest BCUT2D eigenvalue weighted by molar-refractivity contribution is 5.73. The molecule has 0 heterocycles. The molecule has 0 bridgehead atoms. The average Bonchev–Trinajstić information content (AvgIpc) is 2.22. The zero-order valence-electron chi connectivity index (χ0n) is 11.0. The van der Waals surface area contributed by atoms with Gasteiger partial charge in [-0.1, -0.05) is 48.1 Å². The summed E-state index contributed by atoms with van der Waals surface area (Å²) >= 11 is 0. The molecule has 0 saturated heterocycles. The Labute approximate surface area is 93.9 Å². The number of allylic oxidation sites excluding steroid dienone is 1. The molecular formula is C14H24O. The van der Waals surface area contributed by atoms with Gasteiger partial charge >= 0.3 is 0 Å². The van der Waals surface area contributed by atoms with Gasteiger partial charge in [0.25, 0.3) is 0 Å². The molecular weight excluding hydrogens is 184 g/mol. The van der Waals surface area contributed by atoms with E-state index in [0.29, 0.717) is 5.92 Å². The molecule has 15 heavy (non-hydrogen) atoms. The van der Waals surface area contributed by atoms with Crippen LogP contribution >= 0.6 is 0 Å². The monoisotopic (exact) mass is 208 g/mol. The first-order chi connectivity index (χ1) is 6.58. The van der Waals surface area contributed by atoms with E-state index in [2.05, 4.69) is 48.1 Å². The Kier molecular flexibility index (Phi) is 2.66. The van der Waals surface area contributed by atoms with Crippen molar-refractivity contribution < 1.29 is 4.79 Å². The van der Waals surface area contributed by atoms with Gasteiger partial charge in [0, 0.05) is 0 Å². The fraction of sp³-hybridized carbons (Fsp3) is 0.786. The maximum atomic E-state index is 10.9. The average molecular weight is 208 g/mol. The van der Waals surface area contributed by atoms with Crippen molar-refractivity contribution in [2.75, 3.05) is 0 Å². The van der Waals surface area contributed by atoms with Crippen molar-refractivity contribution >= 4 is 6.29 Å². The third-order valence-electron chi connectivity index (χ3n) is 5.49. The van der Waals surface area contributed by atoms with E-state index in [1.54, 1.807) is 0 Å². The highest BCUT2D eigenvalue weighted by Gasteiger charge is 2.58. The van der Waals surface area contributed by atoms with Crippen molar-refractivity contribution in [1.29, 1.82) is 0 Å². The minimum absolute atomic E-state index is 0.133. The number of carbonyl (C=O) groups excluding carboxylic acids is 1. The van der Waals surface area contributed by atoms with E-state index in [4.69, 9.17) is 0 Å². The Hall–Kier alpha value is -0.590. The molecule has 1 saturated carbocycles. The SMILES string of the molecule is C=C(C=O)C1CC(C)(C)C(C)(C)C1(C)C. The molecule has 86 valence electrons.